The number of nitrogens with zero attached hydrogens (tertiary/aromatic N) is 3. The molecule has 2 aromatic carbocycles. The summed E-state index contributed by atoms with van der Waals surface area (Å²) in [5, 5.41) is 21.1. The molecule has 1 aromatic heterocycles. The predicted octanol–water partition coefficient (Wildman–Crippen LogP) is 1.76. The molecule has 2 heterocycles. The summed E-state index contributed by atoms with van der Waals surface area (Å²) in [6.45, 7) is 0.823. The first kappa shape index (κ1) is 23.5. The van der Waals surface area contributed by atoms with Crippen LogP contribution < -0.4 is 16.4 Å². The molecule has 0 saturated carbocycles. The molecular formula is C24H20F2N4O3. The number of aromatic nitrogens is 2. The zero-order valence-corrected chi connectivity index (χ0v) is 17.6. The van der Waals surface area contributed by atoms with Crippen LogP contribution in [0.4, 0.5) is 8.78 Å². The van der Waals surface area contributed by atoms with Gasteiger partial charge in [0.2, 0.25) is 5.56 Å². The van der Waals surface area contributed by atoms with Crippen molar-refractivity contribution in [1.82, 2.24) is 9.55 Å². The number of halogens is 2. The van der Waals surface area contributed by atoms with Crippen molar-refractivity contribution in [1.29, 1.82) is 5.26 Å². The van der Waals surface area contributed by atoms with Crippen molar-refractivity contribution in [2.75, 3.05) is 0 Å². The average molecular weight is 450 g/mol. The van der Waals surface area contributed by atoms with E-state index < -0.39 is 22.8 Å². The van der Waals surface area contributed by atoms with Gasteiger partial charge in [0.25, 0.3) is 0 Å². The zero-order chi connectivity index (χ0) is 24.0. The number of rotatable bonds is 5. The van der Waals surface area contributed by atoms with Crippen molar-refractivity contribution < 1.29 is 24.4 Å². The number of Topliss-reactive ketones (excluding diaryl/α,β-unsaturated/α-hetero) is 1. The SMILES string of the molecule is N#CC1=CCn2c1nc(C(=O)CCc1ccc(F)cc1)c([O-])c2=O.[NH3+]Cc1ccc(F)cc1. The summed E-state index contributed by atoms with van der Waals surface area (Å²) in [5.74, 6) is -2.06. The molecule has 9 heteroatoms. The molecule has 3 N–H and O–H groups in total. The van der Waals surface area contributed by atoms with Crippen molar-refractivity contribution in [2.45, 2.75) is 25.9 Å². The highest BCUT2D eigenvalue weighted by Gasteiger charge is 2.21. The Morgan fingerprint density at radius 2 is 1.67 bits per heavy atom. The predicted molar refractivity (Wildman–Crippen MR) is 114 cm³/mol. The molecule has 0 fully saturated rings. The van der Waals surface area contributed by atoms with Gasteiger partial charge < -0.3 is 10.8 Å². The van der Waals surface area contributed by atoms with Gasteiger partial charge in [0, 0.05) is 18.5 Å². The second kappa shape index (κ2) is 10.4. The molecule has 0 aliphatic carbocycles. The normalized spacial score (nSPS) is 11.6. The largest absolute Gasteiger partial charge is 0.867 e. The first-order chi connectivity index (χ1) is 15.8. The minimum absolute atomic E-state index is 0.0393. The lowest BCUT2D eigenvalue weighted by molar-refractivity contribution is -0.386. The number of hydrogen-bond acceptors (Lipinski definition) is 5. The van der Waals surface area contributed by atoms with Crippen molar-refractivity contribution in [3.63, 3.8) is 0 Å². The number of carbonyl (C=O) groups is 1. The fraction of sp³-hybridized carbons (Fsp3) is 0.167. The van der Waals surface area contributed by atoms with Gasteiger partial charge >= 0.3 is 0 Å². The monoisotopic (exact) mass is 450 g/mol. The molecule has 0 amide bonds. The first-order valence-corrected chi connectivity index (χ1v) is 10.1. The molecule has 1 aliphatic rings. The first-order valence-electron chi connectivity index (χ1n) is 10.1. The van der Waals surface area contributed by atoms with E-state index in [9.17, 15) is 23.5 Å². The Bertz CT molecular complexity index is 1290. The lowest BCUT2D eigenvalue weighted by atomic mass is 10.1. The van der Waals surface area contributed by atoms with E-state index in [0.717, 1.165) is 22.2 Å². The average Bonchev–Trinajstić information content (AvgIpc) is 3.25. The Labute approximate surface area is 188 Å². The summed E-state index contributed by atoms with van der Waals surface area (Å²) >= 11 is 0. The number of hydrogen-bond donors (Lipinski definition) is 1. The summed E-state index contributed by atoms with van der Waals surface area (Å²) < 4.78 is 26.1. The van der Waals surface area contributed by atoms with Crippen molar-refractivity contribution in [2.24, 2.45) is 0 Å². The second-order valence-electron chi connectivity index (χ2n) is 7.18. The van der Waals surface area contributed by atoms with Gasteiger partial charge in [-0.25, -0.2) is 13.8 Å². The van der Waals surface area contributed by atoms with Crippen LogP contribution in [-0.4, -0.2) is 15.3 Å². The van der Waals surface area contributed by atoms with E-state index in [2.05, 4.69) is 10.7 Å². The van der Waals surface area contributed by atoms with Crippen LogP contribution in [0, 0.1) is 23.0 Å². The van der Waals surface area contributed by atoms with E-state index in [1.54, 1.807) is 24.3 Å². The maximum atomic E-state index is 12.9. The maximum Gasteiger partial charge on any atom is 0.246 e. The third-order valence-electron chi connectivity index (χ3n) is 4.99. The Kier molecular flexibility index (Phi) is 7.43. The molecule has 0 saturated heterocycles. The van der Waals surface area contributed by atoms with E-state index in [1.807, 2.05) is 6.07 Å². The number of fused-ring (bicyclic) bond motifs is 1. The quantitative estimate of drug-likeness (QED) is 0.593. The number of benzene rings is 2. The molecule has 3 aromatic rings. The van der Waals surface area contributed by atoms with E-state index in [0.29, 0.717) is 6.42 Å². The van der Waals surface area contributed by atoms with Crippen LogP contribution in [0.25, 0.3) is 5.57 Å². The van der Waals surface area contributed by atoms with Crippen LogP contribution in [0.5, 0.6) is 5.75 Å². The highest BCUT2D eigenvalue weighted by Crippen LogP contribution is 2.20. The van der Waals surface area contributed by atoms with Crippen molar-refractivity contribution in [3.05, 3.63) is 99.2 Å². The number of allylic oxidation sites excluding steroid dienone is 2. The second-order valence-corrected chi connectivity index (χ2v) is 7.18. The molecule has 7 nitrogen and oxygen atoms in total. The van der Waals surface area contributed by atoms with Gasteiger partial charge in [-0.1, -0.05) is 24.3 Å². The molecule has 4 rings (SSSR count). The number of nitriles is 1. The summed E-state index contributed by atoms with van der Waals surface area (Å²) in [4.78, 5) is 28.2. The number of aryl methyl sites for hydroxylation is 1. The molecule has 0 bridgehead atoms. The molecule has 168 valence electrons. The molecule has 1 aliphatic heterocycles. The van der Waals surface area contributed by atoms with Crippen molar-refractivity contribution in [3.8, 4) is 11.8 Å². The fourth-order valence-electron chi connectivity index (χ4n) is 3.15. The third-order valence-corrected chi connectivity index (χ3v) is 4.99. The van der Waals surface area contributed by atoms with Crippen LogP contribution in [0.15, 0.2) is 59.4 Å². The molecular weight excluding hydrogens is 430 g/mol. The Balaban J connectivity index is 0.000000286. The van der Waals surface area contributed by atoms with Crippen LogP contribution in [-0.2, 0) is 19.5 Å². The van der Waals surface area contributed by atoms with Crippen LogP contribution >= 0.6 is 0 Å². The Hall–Kier alpha value is -4.16. The molecule has 33 heavy (non-hydrogen) atoms. The van der Waals surface area contributed by atoms with E-state index in [4.69, 9.17) is 5.26 Å². The van der Waals surface area contributed by atoms with Gasteiger partial charge in [0.1, 0.15) is 23.4 Å². The van der Waals surface area contributed by atoms with Crippen LogP contribution in [0.2, 0.25) is 0 Å². The van der Waals surface area contributed by atoms with Crippen LogP contribution in [0.3, 0.4) is 0 Å². The topological polar surface area (TPSA) is 126 Å². The van der Waals surface area contributed by atoms with Gasteiger partial charge in [-0.2, -0.15) is 5.26 Å². The number of carbonyl (C=O) groups excluding carboxylic acids is 1. The van der Waals surface area contributed by atoms with Gasteiger partial charge in [-0.3, -0.25) is 14.2 Å². The molecule has 0 atom stereocenters. The Morgan fingerprint density at radius 1 is 1.09 bits per heavy atom. The Morgan fingerprint density at radius 3 is 2.21 bits per heavy atom. The third kappa shape index (κ3) is 5.56. The van der Waals surface area contributed by atoms with Gasteiger partial charge in [-0.15, -0.1) is 0 Å². The van der Waals surface area contributed by atoms with Crippen LogP contribution in [0.1, 0.15) is 33.9 Å². The molecule has 0 spiro atoms. The minimum atomic E-state index is -0.963. The van der Waals surface area contributed by atoms with E-state index in [-0.39, 0.29) is 36.0 Å². The molecule has 0 unspecified atom stereocenters. The number of ketones is 1. The maximum absolute atomic E-state index is 12.9. The summed E-state index contributed by atoms with van der Waals surface area (Å²) in [6, 6.07) is 13.9. The highest BCUT2D eigenvalue weighted by atomic mass is 19.1. The van der Waals surface area contributed by atoms with E-state index >= 15 is 0 Å². The molecule has 0 radical (unpaired) electrons. The smallest absolute Gasteiger partial charge is 0.246 e. The summed E-state index contributed by atoms with van der Waals surface area (Å²) in [7, 11) is 0. The fourth-order valence-corrected chi connectivity index (χ4v) is 3.15. The standard InChI is InChI=1S/C17H12FN3O3.C7H8FN/c18-12-4-1-10(2-5-12)3-6-13(22)14-15(23)17(24)21-8-7-11(9-19)16(21)20-14;8-7-3-1-6(5-9)2-4-7/h1-2,4-5,7,23H,3,6,8H2;1-4H,5,9H2. The van der Waals surface area contributed by atoms with Gasteiger partial charge in [-0.05, 0) is 48.1 Å². The van der Waals surface area contributed by atoms with Crippen molar-refractivity contribution >= 4 is 11.4 Å². The van der Waals surface area contributed by atoms with Gasteiger partial charge in [0.15, 0.2) is 11.6 Å². The van der Waals surface area contributed by atoms with E-state index in [1.165, 1.54) is 30.3 Å². The number of quaternary nitrogens is 1. The summed E-state index contributed by atoms with van der Waals surface area (Å²) in [6.07, 6.45) is 1.73. The zero-order valence-electron chi connectivity index (χ0n) is 17.6. The summed E-state index contributed by atoms with van der Waals surface area (Å²) in [5.41, 5.74) is 4.32. The lowest BCUT2D eigenvalue weighted by Gasteiger charge is -2.14. The lowest BCUT2D eigenvalue weighted by Crippen LogP contribution is -2.47. The highest BCUT2D eigenvalue weighted by molar-refractivity contribution is 5.97. The van der Waals surface area contributed by atoms with Gasteiger partial charge in [0.05, 0.1) is 12.1 Å². The minimum Gasteiger partial charge on any atom is -0.867 e.